The second-order valence-electron chi connectivity index (χ2n) is 6.97. The molecule has 146 valence electrons. The largest absolute Gasteiger partial charge is 0.448 e. The van der Waals surface area contributed by atoms with Gasteiger partial charge in [0.05, 0.1) is 12.9 Å². The lowest BCUT2D eigenvalue weighted by Gasteiger charge is -2.07. The quantitative estimate of drug-likeness (QED) is 0.488. The maximum Gasteiger partial charge on any atom is 0.297 e. The van der Waals surface area contributed by atoms with Crippen molar-refractivity contribution < 1.29 is 9.21 Å². The molecule has 0 aliphatic rings. The minimum atomic E-state index is -0.234. The van der Waals surface area contributed by atoms with Crippen LogP contribution < -0.4 is 10.9 Å². The van der Waals surface area contributed by atoms with Gasteiger partial charge in [0.25, 0.3) is 11.5 Å². The number of nitrogens with one attached hydrogen (secondary N) is 1. The molecule has 0 radical (unpaired) electrons. The molecular formula is C24H17N3O3. The summed E-state index contributed by atoms with van der Waals surface area (Å²) in [4.78, 5) is 29.7. The van der Waals surface area contributed by atoms with Crippen molar-refractivity contribution in [1.82, 2.24) is 9.55 Å². The number of furan rings is 1. The van der Waals surface area contributed by atoms with E-state index in [4.69, 9.17) is 4.42 Å². The first kappa shape index (κ1) is 17.9. The van der Waals surface area contributed by atoms with E-state index in [2.05, 4.69) is 10.3 Å². The van der Waals surface area contributed by atoms with Crippen LogP contribution in [-0.2, 0) is 6.54 Å². The number of amides is 1. The van der Waals surface area contributed by atoms with Crippen LogP contribution in [0.3, 0.4) is 0 Å². The molecule has 6 heteroatoms. The normalized spacial score (nSPS) is 11.1. The van der Waals surface area contributed by atoms with E-state index in [9.17, 15) is 9.59 Å². The molecule has 0 bridgehead atoms. The second kappa shape index (κ2) is 7.33. The molecule has 2 aromatic heterocycles. The number of nitrogens with zero attached hydrogens (tertiary/aromatic N) is 2. The molecule has 6 nitrogen and oxygen atoms in total. The highest BCUT2D eigenvalue weighted by atomic mass is 16.3. The molecule has 0 spiro atoms. The van der Waals surface area contributed by atoms with Crippen LogP contribution >= 0.6 is 0 Å². The number of hydrogen-bond acceptors (Lipinski definition) is 4. The number of anilines is 1. The van der Waals surface area contributed by atoms with E-state index in [0.29, 0.717) is 23.2 Å². The van der Waals surface area contributed by atoms with Crippen molar-refractivity contribution >= 4 is 33.7 Å². The van der Waals surface area contributed by atoms with Gasteiger partial charge in [-0.15, -0.1) is 0 Å². The lowest BCUT2D eigenvalue weighted by Crippen LogP contribution is -2.20. The Kier molecular flexibility index (Phi) is 4.37. The summed E-state index contributed by atoms with van der Waals surface area (Å²) < 4.78 is 7.22. The van der Waals surface area contributed by atoms with Gasteiger partial charge in [0.1, 0.15) is 11.1 Å². The molecular weight excluding hydrogens is 378 g/mol. The van der Waals surface area contributed by atoms with Crippen LogP contribution in [0.25, 0.3) is 22.1 Å². The third-order valence-corrected chi connectivity index (χ3v) is 4.95. The SMILES string of the molecule is O=C(Nc1ccccc1)c1ccc(Cn2cnc3c(oc4ccccc43)c2=O)cc1. The first-order valence-electron chi connectivity index (χ1n) is 9.51. The van der Waals surface area contributed by atoms with Gasteiger partial charge in [-0.05, 0) is 42.0 Å². The summed E-state index contributed by atoms with van der Waals surface area (Å²) in [6.45, 7) is 0.333. The van der Waals surface area contributed by atoms with Crippen molar-refractivity contribution in [3.05, 3.63) is 107 Å². The van der Waals surface area contributed by atoms with Crippen LogP contribution in [0.5, 0.6) is 0 Å². The zero-order valence-electron chi connectivity index (χ0n) is 15.9. The average molecular weight is 395 g/mol. The van der Waals surface area contributed by atoms with Gasteiger partial charge in [0.2, 0.25) is 5.58 Å². The fourth-order valence-corrected chi connectivity index (χ4v) is 3.41. The Morgan fingerprint density at radius 2 is 1.67 bits per heavy atom. The Bertz CT molecular complexity index is 1420. The summed E-state index contributed by atoms with van der Waals surface area (Å²) in [6, 6.07) is 23.9. The van der Waals surface area contributed by atoms with E-state index < -0.39 is 0 Å². The Hall–Kier alpha value is -4.19. The number of aromatic nitrogens is 2. The highest BCUT2D eigenvalue weighted by molar-refractivity contribution is 6.04. The van der Waals surface area contributed by atoms with Gasteiger partial charge in [0.15, 0.2) is 0 Å². The molecule has 0 aliphatic heterocycles. The molecule has 0 atom stereocenters. The van der Waals surface area contributed by atoms with E-state index in [1.54, 1.807) is 12.1 Å². The third kappa shape index (κ3) is 3.24. The van der Waals surface area contributed by atoms with Gasteiger partial charge in [-0.3, -0.25) is 14.2 Å². The monoisotopic (exact) mass is 395 g/mol. The summed E-state index contributed by atoms with van der Waals surface area (Å²) in [5.74, 6) is -0.185. The Morgan fingerprint density at radius 3 is 2.47 bits per heavy atom. The molecule has 0 saturated heterocycles. The average Bonchev–Trinajstić information content (AvgIpc) is 3.16. The van der Waals surface area contributed by atoms with Crippen molar-refractivity contribution in [2.75, 3.05) is 5.32 Å². The van der Waals surface area contributed by atoms with E-state index in [0.717, 1.165) is 16.6 Å². The van der Waals surface area contributed by atoms with Gasteiger partial charge in [-0.1, -0.05) is 42.5 Å². The van der Waals surface area contributed by atoms with Gasteiger partial charge in [0, 0.05) is 16.6 Å². The van der Waals surface area contributed by atoms with Crippen molar-refractivity contribution in [3.8, 4) is 0 Å². The summed E-state index contributed by atoms with van der Waals surface area (Å²) in [5, 5.41) is 3.68. The zero-order chi connectivity index (χ0) is 20.5. The minimum Gasteiger partial charge on any atom is -0.448 e. The fraction of sp³-hybridized carbons (Fsp3) is 0.0417. The molecule has 0 aliphatic carbocycles. The van der Waals surface area contributed by atoms with Crippen LogP contribution in [-0.4, -0.2) is 15.5 Å². The van der Waals surface area contributed by atoms with Gasteiger partial charge in [-0.2, -0.15) is 0 Å². The number of fused-ring (bicyclic) bond motifs is 3. The van der Waals surface area contributed by atoms with Crippen molar-refractivity contribution in [2.45, 2.75) is 6.54 Å². The van der Waals surface area contributed by atoms with Crippen LogP contribution in [0.2, 0.25) is 0 Å². The number of benzene rings is 3. The highest BCUT2D eigenvalue weighted by Crippen LogP contribution is 2.24. The molecule has 30 heavy (non-hydrogen) atoms. The van der Waals surface area contributed by atoms with Crippen LogP contribution in [0.4, 0.5) is 5.69 Å². The first-order chi connectivity index (χ1) is 14.7. The van der Waals surface area contributed by atoms with Crippen molar-refractivity contribution in [2.24, 2.45) is 0 Å². The van der Waals surface area contributed by atoms with E-state index in [1.165, 1.54) is 10.9 Å². The smallest absolute Gasteiger partial charge is 0.297 e. The van der Waals surface area contributed by atoms with Crippen molar-refractivity contribution in [3.63, 3.8) is 0 Å². The van der Waals surface area contributed by atoms with E-state index in [-0.39, 0.29) is 17.0 Å². The lowest BCUT2D eigenvalue weighted by atomic mass is 10.1. The topological polar surface area (TPSA) is 77.1 Å². The number of para-hydroxylation sites is 2. The number of carbonyl (C=O) groups is 1. The van der Waals surface area contributed by atoms with Gasteiger partial charge in [-0.25, -0.2) is 4.98 Å². The number of hydrogen-bond donors (Lipinski definition) is 1. The maximum absolute atomic E-state index is 12.8. The molecule has 1 N–H and O–H groups in total. The standard InChI is InChI=1S/C24H17N3O3/c28-23(26-18-6-2-1-3-7-18)17-12-10-16(11-13-17)14-27-15-25-21-19-8-4-5-9-20(19)30-22(21)24(27)29/h1-13,15H,14H2,(H,26,28). The van der Waals surface area contributed by atoms with Crippen LogP contribution in [0.1, 0.15) is 15.9 Å². The third-order valence-electron chi connectivity index (χ3n) is 4.95. The Balaban J connectivity index is 1.39. The maximum atomic E-state index is 12.8. The molecule has 0 fully saturated rings. The summed E-state index contributed by atoms with van der Waals surface area (Å²) in [6.07, 6.45) is 1.53. The molecule has 0 saturated carbocycles. The van der Waals surface area contributed by atoms with Crippen LogP contribution in [0.15, 0.2) is 94.4 Å². The Morgan fingerprint density at radius 1 is 0.933 bits per heavy atom. The van der Waals surface area contributed by atoms with Crippen LogP contribution in [0, 0.1) is 0 Å². The van der Waals surface area contributed by atoms with E-state index >= 15 is 0 Å². The predicted octanol–water partition coefficient (Wildman–Crippen LogP) is 4.44. The number of rotatable bonds is 4. The summed E-state index contributed by atoms with van der Waals surface area (Å²) in [7, 11) is 0. The van der Waals surface area contributed by atoms with Gasteiger partial charge < -0.3 is 9.73 Å². The highest BCUT2D eigenvalue weighted by Gasteiger charge is 2.13. The molecule has 1 amide bonds. The first-order valence-corrected chi connectivity index (χ1v) is 9.51. The zero-order valence-corrected chi connectivity index (χ0v) is 15.9. The van der Waals surface area contributed by atoms with Gasteiger partial charge >= 0.3 is 0 Å². The summed E-state index contributed by atoms with van der Waals surface area (Å²) in [5.41, 5.74) is 3.39. The molecule has 5 rings (SSSR count). The second-order valence-corrected chi connectivity index (χ2v) is 6.97. The van der Waals surface area contributed by atoms with Crippen molar-refractivity contribution in [1.29, 1.82) is 0 Å². The molecule has 0 unspecified atom stereocenters. The Labute approximate surface area is 171 Å². The summed E-state index contributed by atoms with van der Waals surface area (Å²) >= 11 is 0. The molecule has 5 aromatic rings. The predicted molar refractivity (Wildman–Crippen MR) is 116 cm³/mol. The fourth-order valence-electron chi connectivity index (χ4n) is 3.41. The minimum absolute atomic E-state index is 0.185. The molecule has 2 heterocycles. The molecule has 3 aromatic carbocycles. The number of carbonyl (C=O) groups excluding carboxylic acids is 1. The van der Waals surface area contributed by atoms with E-state index in [1.807, 2.05) is 66.7 Å². The lowest BCUT2D eigenvalue weighted by molar-refractivity contribution is 0.102.